The van der Waals surface area contributed by atoms with Crippen molar-refractivity contribution >= 4 is 23.0 Å². The maximum atomic E-state index is 13.3. The Bertz CT molecular complexity index is 782. The highest BCUT2D eigenvalue weighted by molar-refractivity contribution is 7.80. The van der Waals surface area contributed by atoms with Gasteiger partial charge in [0.2, 0.25) is 0 Å². The van der Waals surface area contributed by atoms with Crippen molar-refractivity contribution in [1.29, 1.82) is 0 Å². The van der Waals surface area contributed by atoms with Crippen molar-refractivity contribution in [3.05, 3.63) is 59.9 Å². The minimum atomic E-state index is -0.232. The molecule has 1 aliphatic heterocycles. The summed E-state index contributed by atoms with van der Waals surface area (Å²) in [6, 6.07) is 14.3. The molecule has 1 fully saturated rings. The van der Waals surface area contributed by atoms with Crippen LogP contribution in [0.2, 0.25) is 0 Å². The van der Waals surface area contributed by atoms with Crippen LogP contribution in [-0.4, -0.2) is 61.4 Å². The Hall–Kier alpha value is -2.22. The van der Waals surface area contributed by atoms with Gasteiger partial charge in [0, 0.05) is 44.5 Å². The first-order chi connectivity index (χ1) is 14.1. The van der Waals surface area contributed by atoms with E-state index < -0.39 is 0 Å². The lowest BCUT2D eigenvalue weighted by atomic mass is 10.2. The van der Waals surface area contributed by atoms with Crippen LogP contribution in [0.3, 0.4) is 0 Å². The number of ether oxygens (including phenoxy) is 2. The molecule has 0 saturated carbocycles. The lowest BCUT2D eigenvalue weighted by Crippen LogP contribution is -2.40. The number of morpholine rings is 1. The van der Waals surface area contributed by atoms with Gasteiger partial charge < -0.3 is 19.7 Å². The molecule has 0 amide bonds. The molecule has 1 N–H and O–H groups in total. The number of hydrogen-bond donors (Lipinski definition) is 1. The summed E-state index contributed by atoms with van der Waals surface area (Å²) < 4.78 is 24.0. The van der Waals surface area contributed by atoms with E-state index >= 15 is 0 Å². The highest BCUT2D eigenvalue weighted by atomic mass is 32.1. The number of benzene rings is 2. The summed E-state index contributed by atoms with van der Waals surface area (Å²) in [5.41, 5.74) is 1.90. The first-order valence-corrected chi connectivity index (χ1v) is 10.3. The second-order valence-electron chi connectivity index (χ2n) is 7.02. The second-order valence-corrected chi connectivity index (χ2v) is 7.40. The maximum absolute atomic E-state index is 13.3. The molecule has 29 heavy (non-hydrogen) atoms. The van der Waals surface area contributed by atoms with Crippen LogP contribution < -0.4 is 10.1 Å². The summed E-state index contributed by atoms with van der Waals surface area (Å²) >= 11 is 5.70. The maximum Gasteiger partial charge on any atom is 0.173 e. The minimum Gasteiger partial charge on any atom is -0.497 e. The van der Waals surface area contributed by atoms with Gasteiger partial charge in [0.25, 0.3) is 0 Å². The Morgan fingerprint density at radius 3 is 2.69 bits per heavy atom. The van der Waals surface area contributed by atoms with E-state index in [0.717, 1.165) is 62.8 Å². The van der Waals surface area contributed by atoms with E-state index in [1.165, 1.54) is 12.1 Å². The summed E-state index contributed by atoms with van der Waals surface area (Å²) in [5.74, 6) is 0.542. The van der Waals surface area contributed by atoms with Gasteiger partial charge >= 0.3 is 0 Å². The predicted octanol–water partition coefficient (Wildman–Crippen LogP) is 3.76. The third kappa shape index (κ3) is 6.96. The third-order valence-electron chi connectivity index (χ3n) is 4.90. The number of thiocarbonyl (C=S) groups is 1. The fourth-order valence-electron chi connectivity index (χ4n) is 3.28. The first kappa shape index (κ1) is 21.5. The molecule has 1 heterocycles. The van der Waals surface area contributed by atoms with Gasteiger partial charge in [-0.3, -0.25) is 4.90 Å². The van der Waals surface area contributed by atoms with Crippen LogP contribution in [0.25, 0.3) is 0 Å². The van der Waals surface area contributed by atoms with E-state index in [2.05, 4.69) is 15.1 Å². The fourth-order valence-corrected chi connectivity index (χ4v) is 3.55. The molecule has 0 bridgehead atoms. The molecule has 2 aromatic carbocycles. The smallest absolute Gasteiger partial charge is 0.173 e. The number of anilines is 1. The molecular weight excluding hydrogens is 389 g/mol. The molecule has 0 atom stereocenters. The Morgan fingerprint density at radius 2 is 1.97 bits per heavy atom. The van der Waals surface area contributed by atoms with Gasteiger partial charge in [-0.1, -0.05) is 18.2 Å². The van der Waals surface area contributed by atoms with Crippen molar-refractivity contribution in [3.63, 3.8) is 0 Å². The zero-order chi connectivity index (χ0) is 20.5. The van der Waals surface area contributed by atoms with Crippen molar-refractivity contribution in [3.8, 4) is 5.75 Å². The zero-order valence-electron chi connectivity index (χ0n) is 16.8. The van der Waals surface area contributed by atoms with Gasteiger partial charge in [-0.25, -0.2) is 4.39 Å². The average Bonchev–Trinajstić information content (AvgIpc) is 2.75. The topological polar surface area (TPSA) is 37.0 Å². The molecule has 0 radical (unpaired) electrons. The Morgan fingerprint density at radius 1 is 1.21 bits per heavy atom. The first-order valence-electron chi connectivity index (χ1n) is 9.88. The summed E-state index contributed by atoms with van der Waals surface area (Å²) in [6.45, 7) is 5.99. The summed E-state index contributed by atoms with van der Waals surface area (Å²) in [5, 5.41) is 3.95. The molecule has 0 aromatic heterocycles. The zero-order valence-corrected chi connectivity index (χ0v) is 17.6. The lowest BCUT2D eigenvalue weighted by molar-refractivity contribution is 0.0368. The molecule has 5 nitrogen and oxygen atoms in total. The summed E-state index contributed by atoms with van der Waals surface area (Å²) in [6.07, 6.45) is 0.987. The fraction of sp³-hybridized carbons (Fsp3) is 0.409. The molecule has 0 spiro atoms. The molecular formula is C22H28FN3O2S. The van der Waals surface area contributed by atoms with Crippen LogP contribution in [0.5, 0.6) is 5.75 Å². The van der Waals surface area contributed by atoms with E-state index in [0.29, 0.717) is 11.7 Å². The van der Waals surface area contributed by atoms with Gasteiger partial charge in [0.1, 0.15) is 11.6 Å². The lowest BCUT2D eigenvalue weighted by Gasteiger charge is -2.29. The van der Waals surface area contributed by atoms with Crippen LogP contribution in [-0.2, 0) is 11.3 Å². The number of nitrogens with one attached hydrogen (secondary N) is 1. The summed E-state index contributed by atoms with van der Waals surface area (Å²) in [4.78, 5) is 4.54. The van der Waals surface area contributed by atoms with Gasteiger partial charge in [-0.05, 0) is 48.5 Å². The molecule has 2 aromatic rings. The van der Waals surface area contributed by atoms with Crippen LogP contribution >= 0.6 is 12.2 Å². The number of methoxy groups -OCH3 is 1. The van der Waals surface area contributed by atoms with Crippen LogP contribution in [0.15, 0.2) is 48.5 Å². The molecule has 1 saturated heterocycles. The summed E-state index contributed by atoms with van der Waals surface area (Å²) in [7, 11) is 1.64. The minimum absolute atomic E-state index is 0.232. The largest absolute Gasteiger partial charge is 0.497 e. The molecule has 7 heteroatoms. The number of rotatable bonds is 8. The van der Waals surface area contributed by atoms with Gasteiger partial charge in [-0.2, -0.15) is 0 Å². The Balaban J connectivity index is 1.62. The number of halogens is 1. The highest BCUT2D eigenvalue weighted by Crippen LogP contribution is 2.18. The van der Waals surface area contributed by atoms with E-state index in [4.69, 9.17) is 21.7 Å². The van der Waals surface area contributed by atoms with Crippen molar-refractivity contribution in [2.75, 3.05) is 51.8 Å². The monoisotopic (exact) mass is 417 g/mol. The van der Waals surface area contributed by atoms with Crippen molar-refractivity contribution in [2.45, 2.75) is 13.0 Å². The van der Waals surface area contributed by atoms with Gasteiger partial charge in [-0.15, -0.1) is 0 Å². The number of nitrogens with zero attached hydrogens (tertiary/aromatic N) is 2. The molecule has 3 rings (SSSR count). The van der Waals surface area contributed by atoms with Crippen molar-refractivity contribution in [2.24, 2.45) is 0 Å². The van der Waals surface area contributed by atoms with Crippen LogP contribution in [0.1, 0.15) is 12.0 Å². The Labute approximate surface area is 177 Å². The normalized spacial score (nSPS) is 14.4. The highest BCUT2D eigenvalue weighted by Gasteiger charge is 2.14. The molecule has 156 valence electrons. The molecule has 0 aliphatic carbocycles. The van der Waals surface area contributed by atoms with Crippen molar-refractivity contribution in [1.82, 2.24) is 9.80 Å². The SMILES string of the molecule is COc1cccc(NC(=S)N(CCCN2CCOCC2)Cc2ccc(F)cc2)c1. The van der Waals surface area contributed by atoms with Gasteiger partial charge in [0.05, 0.1) is 20.3 Å². The van der Waals surface area contributed by atoms with Crippen LogP contribution in [0.4, 0.5) is 10.1 Å². The standard InChI is InChI=1S/C22H28FN3O2S/c1-27-21-5-2-4-20(16-21)24-22(29)26(17-18-6-8-19(23)9-7-18)11-3-10-25-12-14-28-15-13-25/h2,4-9,16H,3,10-15,17H2,1H3,(H,24,29). The molecule has 1 aliphatic rings. The predicted molar refractivity (Wildman–Crippen MR) is 118 cm³/mol. The Kier molecular flexibility index (Phi) is 8.22. The molecule has 0 unspecified atom stereocenters. The second kappa shape index (κ2) is 11.1. The van der Waals surface area contributed by atoms with E-state index in [1.807, 2.05) is 24.3 Å². The van der Waals surface area contributed by atoms with E-state index in [9.17, 15) is 4.39 Å². The van der Waals surface area contributed by atoms with Crippen molar-refractivity contribution < 1.29 is 13.9 Å². The number of hydrogen-bond acceptors (Lipinski definition) is 4. The average molecular weight is 418 g/mol. The van der Waals surface area contributed by atoms with E-state index in [1.54, 1.807) is 19.2 Å². The van der Waals surface area contributed by atoms with Gasteiger partial charge in [0.15, 0.2) is 5.11 Å². The van der Waals surface area contributed by atoms with Crippen LogP contribution in [0, 0.1) is 5.82 Å². The quantitative estimate of drug-likeness (QED) is 0.660. The van der Waals surface area contributed by atoms with E-state index in [-0.39, 0.29) is 5.82 Å². The third-order valence-corrected chi connectivity index (χ3v) is 5.26.